The third-order valence-corrected chi connectivity index (χ3v) is 4.58. The molecule has 0 saturated heterocycles. The van der Waals surface area contributed by atoms with Crippen molar-refractivity contribution in [1.82, 2.24) is 5.32 Å². The molecule has 0 aromatic rings. The average molecular weight is 297 g/mol. The fourth-order valence-corrected chi connectivity index (χ4v) is 3.15. The summed E-state index contributed by atoms with van der Waals surface area (Å²) in [6.07, 6.45) is 15.8. The van der Waals surface area contributed by atoms with Crippen molar-refractivity contribution in [3.8, 4) is 0 Å². The summed E-state index contributed by atoms with van der Waals surface area (Å²) >= 11 is 0. The maximum absolute atomic E-state index is 11.8. The van der Waals surface area contributed by atoms with E-state index in [2.05, 4.69) is 12.2 Å². The third kappa shape index (κ3) is 9.13. The number of aliphatic hydroxyl groups excluding tert-OH is 1. The summed E-state index contributed by atoms with van der Waals surface area (Å²) in [5, 5.41) is 12.8. The van der Waals surface area contributed by atoms with Crippen LogP contribution >= 0.6 is 0 Å². The topological polar surface area (TPSA) is 49.3 Å². The van der Waals surface area contributed by atoms with E-state index in [-0.39, 0.29) is 18.1 Å². The standard InChI is InChI=1S/C18H35NO2/c1-2-3-4-5-6-7-8-9-10-15-18(21)19-16-13-11-12-14-17(16)20/h16-17,20H,2-15H2,1H3,(H,19,21)/t16-,17-/m1/s1. The van der Waals surface area contributed by atoms with E-state index in [1.54, 1.807) is 0 Å². The highest BCUT2D eigenvalue weighted by atomic mass is 16.3. The van der Waals surface area contributed by atoms with Gasteiger partial charge in [-0.1, -0.05) is 71.1 Å². The van der Waals surface area contributed by atoms with Crippen LogP contribution in [0.1, 0.15) is 96.8 Å². The van der Waals surface area contributed by atoms with Gasteiger partial charge in [-0.2, -0.15) is 0 Å². The second-order valence-electron chi connectivity index (χ2n) is 6.60. The van der Waals surface area contributed by atoms with E-state index >= 15 is 0 Å². The number of carbonyl (C=O) groups excluding carboxylic acids is 1. The maximum Gasteiger partial charge on any atom is 0.220 e. The summed E-state index contributed by atoms with van der Waals surface area (Å²) < 4.78 is 0. The van der Waals surface area contributed by atoms with Gasteiger partial charge < -0.3 is 10.4 Å². The maximum atomic E-state index is 11.8. The van der Waals surface area contributed by atoms with Crippen molar-refractivity contribution in [2.45, 2.75) is 109 Å². The number of nitrogens with one attached hydrogen (secondary N) is 1. The van der Waals surface area contributed by atoms with Crippen molar-refractivity contribution in [3.63, 3.8) is 0 Å². The van der Waals surface area contributed by atoms with E-state index in [9.17, 15) is 9.90 Å². The van der Waals surface area contributed by atoms with Gasteiger partial charge in [-0.05, 0) is 19.3 Å². The first-order valence-electron chi connectivity index (χ1n) is 9.21. The summed E-state index contributed by atoms with van der Waals surface area (Å²) in [5.74, 6) is 0.129. The Labute approximate surface area is 130 Å². The highest BCUT2D eigenvalue weighted by Crippen LogP contribution is 2.18. The zero-order valence-corrected chi connectivity index (χ0v) is 13.9. The Kier molecular flexibility index (Phi) is 10.6. The molecule has 3 nitrogen and oxygen atoms in total. The summed E-state index contributed by atoms with van der Waals surface area (Å²) in [4.78, 5) is 11.8. The summed E-state index contributed by atoms with van der Waals surface area (Å²) in [6, 6.07) is 0.00446. The first kappa shape index (κ1) is 18.5. The van der Waals surface area contributed by atoms with Gasteiger partial charge in [0, 0.05) is 6.42 Å². The molecule has 0 unspecified atom stereocenters. The fourth-order valence-electron chi connectivity index (χ4n) is 3.15. The second kappa shape index (κ2) is 12.0. The van der Waals surface area contributed by atoms with Crippen molar-refractivity contribution in [3.05, 3.63) is 0 Å². The minimum absolute atomic E-state index is 0.00446. The molecule has 3 heteroatoms. The molecule has 1 saturated carbocycles. The molecule has 2 atom stereocenters. The molecule has 0 bridgehead atoms. The molecule has 1 amide bonds. The van der Waals surface area contributed by atoms with Gasteiger partial charge in [0.05, 0.1) is 12.1 Å². The molecule has 0 aromatic heterocycles. The molecule has 124 valence electrons. The van der Waals surface area contributed by atoms with Gasteiger partial charge in [-0.25, -0.2) is 0 Å². The van der Waals surface area contributed by atoms with Crippen LogP contribution in [0.4, 0.5) is 0 Å². The van der Waals surface area contributed by atoms with Gasteiger partial charge >= 0.3 is 0 Å². The van der Waals surface area contributed by atoms with Crippen molar-refractivity contribution in [2.75, 3.05) is 0 Å². The number of carbonyl (C=O) groups is 1. The first-order valence-corrected chi connectivity index (χ1v) is 9.21. The predicted molar refractivity (Wildman–Crippen MR) is 88.2 cm³/mol. The van der Waals surface area contributed by atoms with Crippen LogP contribution in [0.25, 0.3) is 0 Å². The van der Waals surface area contributed by atoms with E-state index in [1.165, 1.54) is 44.9 Å². The highest BCUT2D eigenvalue weighted by Gasteiger charge is 2.23. The number of amides is 1. The van der Waals surface area contributed by atoms with E-state index in [1.807, 2.05) is 0 Å². The van der Waals surface area contributed by atoms with Gasteiger partial charge in [0.2, 0.25) is 5.91 Å². The molecule has 21 heavy (non-hydrogen) atoms. The zero-order chi connectivity index (χ0) is 15.3. The molecule has 2 N–H and O–H groups in total. The minimum atomic E-state index is -0.328. The van der Waals surface area contributed by atoms with E-state index < -0.39 is 0 Å². The Hall–Kier alpha value is -0.570. The molecule has 0 heterocycles. The number of hydrogen-bond donors (Lipinski definition) is 2. The lowest BCUT2D eigenvalue weighted by Gasteiger charge is -2.28. The Balaban J connectivity index is 1.91. The minimum Gasteiger partial charge on any atom is -0.391 e. The van der Waals surface area contributed by atoms with Crippen LogP contribution in [-0.4, -0.2) is 23.2 Å². The van der Waals surface area contributed by atoms with Gasteiger partial charge in [-0.3, -0.25) is 4.79 Å². The van der Waals surface area contributed by atoms with Crippen LogP contribution in [0.2, 0.25) is 0 Å². The number of aliphatic hydroxyl groups is 1. The van der Waals surface area contributed by atoms with Gasteiger partial charge in [0.1, 0.15) is 0 Å². The highest BCUT2D eigenvalue weighted by molar-refractivity contribution is 5.76. The molecular formula is C18H35NO2. The van der Waals surface area contributed by atoms with E-state index in [0.717, 1.165) is 38.5 Å². The van der Waals surface area contributed by atoms with Crippen molar-refractivity contribution < 1.29 is 9.90 Å². The lowest BCUT2D eigenvalue weighted by Crippen LogP contribution is -2.44. The Bertz CT molecular complexity index is 268. The largest absolute Gasteiger partial charge is 0.391 e. The molecular weight excluding hydrogens is 262 g/mol. The third-order valence-electron chi connectivity index (χ3n) is 4.58. The quantitative estimate of drug-likeness (QED) is 0.558. The van der Waals surface area contributed by atoms with Crippen LogP contribution in [0.15, 0.2) is 0 Å². The predicted octanol–water partition coefficient (Wildman–Crippen LogP) is 4.33. The molecule has 0 aromatic carbocycles. The molecule has 1 aliphatic carbocycles. The SMILES string of the molecule is CCCCCCCCCCCC(=O)N[C@@H]1CCCC[C@H]1O. The normalized spacial score (nSPS) is 22.2. The van der Waals surface area contributed by atoms with Gasteiger partial charge in [-0.15, -0.1) is 0 Å². The van der Waals surface area contributed by atoms with E-state index in [4.69, 9.17) is 0 Å². The van der Waals surface area contributed by atoms with E-state index in [0.29, 0.717) is 6.42 Å². The zero-order valence-electron chi connectivity index (χ0n) is 13.9. The van der Waals surface area contributed by atoms with Gasteiger partial charge in [0.15, 0.2) is 0 Å². The lowest BCUT2D eigenvalue weighted by atomic mass is 9.92. The Morgan fingerprint density at radius 3 is 2.14 bits per heavy atom. The van der Waals surface area contributed by atoms with Crippen LogP contribution < -0.4 is 5.32 Å². The van der Waals surface area contributed by atoms with Gasteiger partial charge in [0.25, 0.3) is 0 Å². The molecule has 0 aliphatic heterocycles. The van der Waals surface area contributed by atoms with Crippen molar-refractivity contribution >= 4 is 5.91 Å². The summed E-state index contributed by atoms with van der Waals surface area (Å²) in [7, 11) is 0. The Morgan fingerprint density at radius 1 is 0.952 bits per heavy atom. The number of rotatable bonds is 11. The fraction of sp³-hybridized carbons (Fsp3) is 0.944. The molecule has 0 radical (unpaired) electrons. The van der Waals surface area contributed by atoms with Crippen molar-refractivity contribution in [2.24, 2.45) is 0 Å². The smallest absolute Gasteiger partial charge is 0.220 e. The molecule has 0 spiro atoms. The molecule has 1 fully saturated rings. The Morgan fingerprint density at radius 2 is 1.52 bits per heavy atom. The first-order chi connectivity index (χ1) is 10.2. The monoisotopic (exact) mass is 297 g/mol. The number of unbranched alkanes of at least 4 members (excludes halogenated alkanes) is 8. The van der Waals surface area contributed by atoms with Crippen LogP contribution in [-0.2, 0) is 4.79 Å². The second-order valence-corrected chi connectivity index (χ2v) is 6.60. The van der Waals surface area contributed by atoms with Crippen LogP contribution in [0, 0.1) is 0 Å². The number of hydrogen-bond acceptors (Lipinski definition) is 2. The van der Waals surface area contributed by atoms with Crippen LogP contribution in [0.3, 0.4) is 0 Å². The lowest BCUT2D eigenvalue weighted by molar-refractivity contribution is -0.123. The average Bonchev–Trinajstić information content (AvgIpc) is 2.48. The summed E-state index contributed by atoms with van der Waals surface area (Å²) in [5.41, 5.74) is 0. The van der Waals surface area contributed by atoms with Crippen LogP contribution in [0.5, 0.6) is 0 Å². The van der Waals surface area contributed by atoms with Crippen molar-refractivity contribution in [1.29, 1.82) is 0 Å². The molecule has 1 rings (SSSR count). The molecule has 1 aliphatic rings. The summed E-state index contributed by atoms with van der Waals surface area (Å²) in [6.45, 7) is 2.25.